The predicted molar refractivity (Wildman–Crippen MR) is 67.5 cm³/mol. The number of aryl methyl sites for hydroxylation is 1. The zero-order valence-corrected chi connectivity index (χ0v) is 11.1. The SMILES string of the molecule is CCOC(=O)c1c(CC(=O)[O-])c2cc(F)ccc2n1C. The van der Waals surface area contributed by atoms with Crippen molar-refractivity contribution in [1.29, 1.82) is 0 Å². The van der Waals surface area contributed by atoms with Gasteiger partial charge in [0.1, 0.15) is 11.5 Å². The number of halogens is 1. The van der Waals surface area contributed by atoms with Gasteiger partial charge in [-0.1, -0.05) is 0 Å². The molecule has 5 nitrogen and oxygen atoms in total. The Kier molecular flexibility index (Phi) is 3.74. The van der Waals surface area contributed by atoms with Crippen LogP contribution in [0.3, 0.4) is 0 Å². The van der Waals surface area contributed by atoms with Crippen molar-refractivity contribution in [2.45, 2.75) is 13.3 Å². The van der Waals surface area contributed by atoms with Gasteiger partial charge in [-0.3, -0.25) is 0 Å². The van der Waals surface area contributed by atoms with E-state index >= 15 is 0 Å². The first-order valence-corrected chi connectivity index (χ1v) is 6.09. The normalized spacial score (nSPS) is 10.8. The summed E-state index contributed by atoms with van der Waals surface area (Å²) in [5.41, 5.74) is 0.878. The lowest BCUT2D eigenvalue weighted by atomic mass is 10.1. The molecule has 1 aromatic carbocycles. The van der Waals surface area contributed by atoms with Crippen molar-refractivity contribution in [3.8, 4) is 0 Å². The van der Waals surface area contributed by atoms with Crippen LogP contribution in [0.5, 0.6) is 0 Å². The highest BCUT2D eigenvalue weighted by molar-refractivity contribution is 6.00. The van der Waals surface area contributed by atoms with Crippen molar-refractivity contribution in [3.63, 3.8) is 0 Å². The number of rotatable bonds is 4. The van der Waals surface area contributed by atoms with Crippen molar-refractivity contribution in [2.24, 2.45) is 7.05 Å². The van der Waals surface area contributed by atoms with Crippen LogP contribution >= 0.6 is 0 Å². The minimum Gasteiger partial charge on any atom is -0.550 e. The maximum atomic E-state index is 13.4. The summed E-state index contributed by atoms with van der Waals surface area (Å²) < 4.78 is 19.8. The summed E-state index contributed by atoms with van der Waals surface area (Å²) in [5, 5.41) is 11.2. The fourth-order valence-corrected chi connectivity index (χ4v) is 2.28. The molecule has 0 fully saturated rings. The number of esters is 1. The Morgan fingerprint density at radius 1 is 1.40 bits per heavy atom. The first-order valence-electron chi connectivity index (χ1n) is 6.09. The molecule has 0 saturated heterocycles. The molecule has 0 aliphatic heterocycles. The molecule has 2 aromatic rings. The quantitative estimate of drug-likeness (QED) is 0.775. The second-order valence-corrected chi connectivity index (χ2v) is 4.32. The number of ether oxygens (including phenoxy) is 1. The minimum atomic E-state index is -1.34. The first kappa shape index (κ1) is 14.0. The molecule has 0 radical (unpaired) electrons. The van der Waals surface area contributed by atoms with Gasteiger partial charge in [0.25, 0.3) is 0 Å². The molecule has 20 heavy (non-hydrogen) atoms. The molecule has 0 spiro atoms. The zero-order chi connectivity index (χ0) is 14.9. The van der Waals surface area contributed by atoms with Crippen LogP contribution < -0.4 is 5.11 Å². The van der Waals surface area contributed by atoms with Crippen LogP contribution in [0, 0.1) is 5.82 Å². The second kappa shape index (κ2) is 5.32. The van der Waals surface area contributed by atoms with Crippen LogP contribution in [-0.4, -0.2) is 23.1 Å². The van der Waals surface area contributed by atoms with E-state index in [-0.39, 0.29) is 17.9 Å². The van der Waals surface area contributed by atoms with Gasteiger partial charge in [-0.15, -0.1) is 0 Å². The number of carbonyl (C=O) groups is 2. The van der Waals surface area contributed by atoms with Crippen LogP contribution in [0.2, 0.25) is 0 Å². The summed E-state index contributed by atoms with van der Waals surface area (Å²) in [6.45, 7) is 1.82. The number of nitrogens with zero attached hydrogens (tertiary/aromatic N) is 1. The van der Waals surface area contributed by atoms with E-state index in [9.17, 15) is 19.1 Å². The average molecular weight is 278 g/mol. The van der Waals surface area contributed by atoms with Crippen LogP contribution in [0.4, 0.5) is 4.39 Å². The average Bonchev–Trinajstić information content (AvgIpc) is 2.62. The number of carbonyl (C=O) groups excluding carboxylic acids is 2. The van der Waals surface area contributed by atoms with E-state index < -0.39 is 24.2 Å². The third kappa shape index (κ3) is 2.36. The number of fused-ring (bicyclic) bond motifs is 1. The van der Waals surface area contributed by atoms with Crippen LogP contribution in [0.1, 0.15) is 23.0 Å². The molecule has 2 rings (SSSR count). The molecule has 0 saturated carbocycles. The number of hydrogen-bond acceptors (Lipinski definition) is 4. The van der Waals surface area contributed by atoms with Crippen LogP contribution in [-0.2, 0) is 23.0 Å². The summed E-state index contributed by atoms with van der Waals surface area (Å²) >= 11 is 0. The Morgan fingerprint density at radius 2 is 2.10 bits per heavy atom. The van der Waals surface area contributed by atoms with Crippen LogP contribution in [0.15, 0.2) is 18.2 Å². The standard InChI is InChI=1S/C14H14FNO4/c1-3-20-14(19)13-10(7-12(17)18)9-6-8(15)4-5-11(9)16(13)2/h4-6H,3,7H2,1-2H3,(H,17,18)/p-1. The minimum absolute atomic E-state index is 0.108. The summed E-state index contributed by atoms with van der Waals surface area (Å²) in [4.78, 5) is 22.8. The molecule has 1 aromatic heterocycles. The van der Waals surface area contributed by atoms with Gasteiger partial charge in [0.15, 0.2) is 0 Å². The van der Waals surface area contributed by atoms with Crippen molar-refractivity contribution in [2.75, 3.05) is 6.61 Å². The molecule has 6 heteroatoms. The van der Waals surface area contributed by atoms with Crippen molar-refractivity contribution in [3.05, 3.63) is 35.3 Å². The van der Waals surface area contributed by atoms with Gasteiger partial charge < -0.3 is 19.2 Å². The van der Waals surface area contributed by atoms with Crippen molar-refractivity contribution < 1.29 is 23.8 Å². The molecule has 0 aliphatic rings. The van der Waals surface area contributed by atoms with Gasteiger partial charge in [0, 0.05) is 30.3 Å². The molecule has 0 amide bonds. The lowest BCUT2D eigenvalue weighted by Gasteiger charge is -2.07. The number of carboxylic acids is 1. The van der Waals surface area contributed by atoms with E-state index in [1.165, 1.54) is 22.8 Å². The highest BCUT2D eigenvalue weighted by Crippen LogP contribution is 2.27. The first-order chi connectivity index (χ1) is 9.45. The molecule has 0 N–H and O–H groups in total. The van der Waals surface area contributed by atoms with Gasteiger partial charge >= 0.3 is 5.97 Å². The van der Waals surface area contributed by atoms with Gasteiger partial charge in [-0.2, -0.15) is 0 Å². The topological polar surface area (TPSA) is 71.4 Å². The van der Waals surface area contributed by atoms with E-state index in [1.54, 1.807) is 14.0 Å². The van der Waals surface area contributed by atoms with Gasteiger partial charge in [-0.05, 0) is 30.7 Å². The van der Waals surface area contributed by atoms with Crippen molar-refractivity contribution in [1.82, 2.24) is 4.57 Å². The van der Waals surface area contributed by atoms with Gasteiger partial charge in [-0.25, -0.2) is 9.18 Å². The summed E-state index contributed by atoms with van der Waals surface area (Å²) in [6.07, 6.45) is -0.477. The fourth-order valence-electron chi connectivity index (χ4n) is 2.28. The summed E-state index contributed by atoms with van der Waals surface area (Å²) in [7, 11) is 1.60. The largest absolute Gasteiger partial charge is 0.550 e. The molecule has 1 heterocycles. The van der Waals surface area contributed by atoms with E-state index in [0.717, 1.165) is 0 Å². The second-order valence-electron chi connectivity index (χ2n) is 4.32. The highest BCUT2D eigenvalue weighted by atomic mass is 19.1. The molecule has 0 aliphatic carbocycles. The lowest BCUT2D eigenvalue weighted by Crippen LogP contribution is -2.25. The maximum absolute atomic E-state index is 13.4. The summed E-state index contributed by atoms with van der Waals surface area (Å²) in [5.74, 6) is -2.48. The Balaban J connectivity index is 2.73. The third-order valence-corrected chi connectivity index (χ3v) is 3.06. The smallest absolute Gasteiger partial charge is 0.355 e. The molecule has 0 unspecified atom stereocenters. The van der Waals surface area contributed by atoms with E-state index in [4.69, 9.17) is 4.74 Å². The van der Waals surface area contributed by atoms with Crippen LogP contribution in [0.25, 0.3) is 10.9 Å². The van der Waals surface area contributed by atoms with Gasteiger partial charge in [0.05, 0.1) is 6.61 Å². The Labute approximate surface area is 114 Å². The summed E-state index contributed by atoms with van der Waals surface area (Å²) in [6, 6.07) is 3.95. The van der Waals surface area contributed by atoms with Crippen molar-refractivity contribution >= 4 is 22.8 Å². The number of carboxylic acid groups (broad SMARTS) is 1. The Hall–Kier alpha value is -2.37. The number of aliphatic carboxylic acids is 1. The zero-order valence-electron chi connectivity index (χ0n) is 11.1. The molecule has 0 bridgehead atoms. The van der Waals surface area contributed by atoms with E-state index in [2.05, 4.69) is 0 Å². The van der Waals surface area contributed by atoms with Gasteiger partial charge in [0.2, 0.25) is 0 Å². The number of aromatic nitrogens is 1. The fraction of sp³-hybridized carbons (Fsp3) is 0.286. The molecule has 0 atom stereocenters. The maximum Gasteiger partial charge on any atom is 0.355 e. The van der Waals surface area contributed by atoms with E-state index in [0.29, 0.717) is 10.9 Å². The monoisotopic (exact) mass is 278 g/mol. The highest BCUT2D eigenvalue weighted by Gasteiger charge is 2.22. The van der Waals surface area contributed by atoms with E-state index in [1.807, 2.05) is 0 Å². The number of hydrogen-bond donors (Lipinski definition) is 0. The Morgan fingerprint density at radius 3 is 2.70 bits per heavy atom. The predicted octanol–water partition coefficient (Wildman–Crippen LogP) is 0.786. The lowest BCUT2D eigenvalue weighted by molar-refractivity contribution is -0.304. The Bertz CT molecular complexity index is 690. The number of benzene rings is 1. The molecular weight excluding hydrogens is 265 g/mol. The molecule has 106 valence electrons. The third-order valence-electron chi connectivity index (χ3n) is 3.06. The molecular formula is C14H13FNO4-.